The van der Waals surface area contributed by atoms with Crippen LogP contribution in [0.1, 0.15) is 46.1 Å². The standard InChI is InChI=1S/C16H27N3/c1-5-19(12-14-7-6-10-17-14)15-9-8-13(11-18-15)16(2,3)4/h8-9,11,14,17H,5-7,10,12H2,1-4H3. The minimum Gasteiger partial charge on any atom is -0.355 e. The van der Waals surface area contributed by atoms with Gasteiger partial charge >= 0.3 is 0 Å². The van der Waals surface area contributed by atoms with E-state index < -0.39 is 0 Å². The Morgan fingerprint density at radius 3 is 2.63 bits per heavy atom. The molecule has 106 valence electrons. The van der Waals surface area contributed by atoms with Crippen LogP contribution in [0.15, 0.2) is 18.3 Å². The molecule has 0 saturated carbocycles. The number of rotatable bonds is 4. The lowest BCUT2D eigenvalue weighted by Gasteiger charge is -2.26. The van der Waals surface area contributed by atoms with Crippen molar-refractivity contribution < 1.29 is 0 Å². The Balaban J connectivity index is 2.05. The molecule has 0 aliphatic carbocycles. The van der Waals surface area contributed by atoms with E-state index in [2.05, 4.69) is 55.0 Å². The summed E-state index contributed by atoms with van der Waals surface area (Å²) >= 11 is 0. The van der Waals surface area contributed by atoms with Gasteiger partial charge in [-0.05, 0) is 43.4 Å². The highest BCUT2D eigenvalue weighted by Gasteiger charge is 2.19. The van der Waals surface area contributed by atoms with E-state index in [0.717, 1.165) is 18.9 Å². The molecule has 1 atom stereocenters. The van der Waals surface area contributed by atoms with Gasteiger partial charge in [-0.3, -0.25) is 0 Å². The topological polar surface area (TPSA) is 28.2 Å². The van der Waals surface area contributed by atoms with Gasteiger partial charge in [0.05, 0.1) is 0 Å². The first-order valence-electron chi connectivity index (χ1n) is 7.45. The van der Waals surface area contributed by atoms with Gasteiger partial charge in [-0.15, -0.1) is 0 Å². The number of hydrogen-bond donors (Lipinski definition) is 1. The molecule has 0 aromatic carbocycles. The van der Waals surface area contributed by atoms with Crippen molar-refractivity contribution in [3.63, 3.8) is 0 Å². The monoisotopic (exact) mass is 261 g/mol. The Kier molecular flexibility index (Phi) is 4.46. The fraction of sp³-hybridized carbons (Fsp3) is 0.688. The first-order valence-corrected chi connectivity index (χ1v) is 7.45. The van der Waals surface area contributed by atoms with Gasteiger partial charge in [0.1, 0.15) is 5.82 Å². The molecule has 1 unspecified atom stereocenters. The molecule has 3 nitrogen and oxygen atoms in total. The van der Waals surface area contributed by atoms with E-state index >= 15 is 0 Å². The third-order valence-electron chi connectivity index (χ3n) is 3.92. The lowest BCUT2D eigenvalue weighted by Crippen LogP contribution is -2.38. The van der Waals surface area contributed by atoms with E-state index in [1.807, 2.05) is 6.20 Å². The van der Waals surface area contributed by atoms with Crippen molar-refractivity contribution in [1.82, 2.24) is 10.3 Å². The minimum absolute atomic E-state index is 0.176. The van der Waals surface area contributed by atoms with Crippen LogP contribution in [0.3, 0.4) is 0 Å². The first-order chi connectivity index (χ1) is 9.00. The Morgan fingerprint density at radius 2 is 2.16 bits per heavy atom. The van der Waals surface area contributed by atoms with Gasteiger partial charge in [0, 0.05) is 25.3 Å². The smallest absolute Gasteiger partial charge is 0.128 e. The second-order valence-corrected chi connectivity index (χ2v) is 6.49. The fourth-order valence-corrected chi connectivity index (χ4v) is 2.58. The maximum absolute atomic E-state index is 4.66. The van der Waals surface area contributed by atoms with Gasteiger partial charge in [0.15, 0.2) is 0 Å². The zero-order valence-electron chi connectivity index (χ0n) is 12.7. The molecule has 1 saturated heterocycles. The molecule has 0 radical (unpaired) electrons. The van der Waals surface area contributed by atoms with Crippen molar-refractivity contribution in [2.45, 2.75) is 52.0 Å². The molecule has 1 N–H and O–H groups in total. The lowest BCUT2D eigenvalue weighted by molar-refractivity contribution is 0.578. The number of pyridine rings is 1. The van der Waals surface area contributed by atoms with E-state index in [1.165, 1.54) is 24.9 Å². The van der Waals surface area contributed by atoms with Crippen LogP contribution in [0.5, 0.6) is 0 Å². The molecule has 1 aromatic heterocycles. The average molecular weight is 261 g/mol. The first kappa shape index (κ1) is 14.3. The van der Waals surface area contributed by atoms with Crippen LogP contribution in [0.4, 0.5) is 5.82 Å². The summed E-state index contributed by atoms with van der Waals surface area (Å²) in [5.74, 6) is 1.10. The third kappa shape index (κ3) is 3.69. The van der Waals surface area contributed by atoms with Crippen LogP contribution in [0.2, 0.25) is 0 Å². The van der Waals surface area contributed by atoms with Crippen molar-refractivity contribution in [3.05, 3.63) is 23.9 Å². The molecule has 2 rings (SSSR count). The Morgan fingerprint density at radius 1 is 1.37 bits per heavy atom. The molecule has 0 spiro atoms. The lowest BCUT2D eigenvalue weighted by atomic mass is 9.88. The summed E-state index contributed by atoms with van der Waals surface area (Å²) in [6.45, 7) is 12.1. The van der Waals surface area contributed by atoms with E-state index in [1.54, 1.807) is 0 Å². The molecule has 0 bridgehead atoms. The van der Waals surface area contributed by atoms with Crippen LogP contribution < -0.4 is 10.2 Å². The maximum atomic E-state index is 4.66. The zero-order valence-corrected chi connectivity index (χ0v) is 12.7. The van der Waals surface area contributed by atoms with Gasteiger partial charge < -0.3 is 10.2 Å². The van der Waals surface area contributed by atoms with Crippen LogP contribution in [-0.4, -0.2) is 30.7 Å². The average Bonchev–Trinajstić information content (AvgIpc) is 2.88. The normalized spacial score (nSPS) is 19.7. The second kappa shape index (κ2) is 5.91. The SMILES string of the molecule is CCN(CC1CCCN1)c1ccc(C(C)(C)C)cn1. The van der Waals surface area contributed by atoms with E-state index in [-0.39, 0.29) is 5.41 Å². The van der Waals surface area contributed by atoms with Crippen LogP contribution in [-0.2, 0) is 5.41 Å². The Labute approximate surface area is 117 Å². The largest absolute Gasteiger partial charge is 0.355 e. The third-order valence-corrected chi connectivity index (χ3v) is 3.92. The fourth-order valence-electron chi connectivity index (χ4n) is 2.58. The van der Waals surface area contributed by atoms with Gasteiger partial charge in [-0.25, -0.2) is 4.98 Å². The number of nitrogens with zero attached hydrogens (tertiary/aromatic N) is 2. The van der Waals surface area contributed by atoms with Crippen LogP contribution in [0, 0.1) is 0 Å². The van der Waals surface area contributed by atoms with Crippen LogP contribution in [0.25, 0.3) is 0 Å². The molecule has 2 heterocycles. The zero-order chi connectivity index (χ0) is 13.9. The van der Waals surface area contributed by atoms with Crippen molar-refractivity contribution >= 4 is 5.82 Å². The van der Waals surface area contributed by atoms with Crippen LogP contribution >= 0.6 is 0 Å². The Bertz CT molecular complexity index is 385. The molecule has 1 fully saturated rings. The predicted octanol–water partition coefficient (Wildman–Crippen LogP) is 2.96. The second-order valence-electron chi connectivity index (χ2n) is 6.49. The summed E-state index contributed by atoms with van der Waals surface area (Å²) in [4.78, 5) is 7.03. The Hall–Kier alpha value is -1.09. The van der Waals surface area contributed by atoms with Crippen molar-refractivity contribution in [1.29, 1.82) is 0 Å². The summed E-state index contributed by atoms with van der Waals surface area (Å²) in [6, 6.07) is 5.01. The van der Waals surface area contributed by atoms with E-state index in [9.17, 15) is 0 Å². The molecule has 1 aliphatic heterocycles. The highest BCUT2D eigenvalue weighted by atomic mass is 15.2. The minimum atomic E-state index is 0.176. The number of likely N-dealkylation sites (N-methyl/N-ethyl adjacent to an activating group) is 1. The van der Waals surface area contributed by atoms with Gasteiger partial charge in [0.2, 0.25) is 0 Å². The quantitative estimate of drug-likeness (QED) is 0.903. The highest BCUT2D eigenvalue weighted by Crippen LogP contribution is 2.23. The number of aromatic nitrogens is 1. The molecule has 1 aromatic rings. The van der Waals surface area contributed by atoms with E-state index in [4.69, 9.17) is 0 Å². The number of anilines is 1. The van der Waals surface area contributed by atoms with Crippen molar-refractivity contribution in [3.8, 4) is 0 Å². The van der Waals surface area contributed by atoms with E-state index in [0.29, 0.717) is 6.04 Å². The summed E-state index contributed by atoms with van der Waals surface area (Å²) in [7, 11) is 0. The summed E-state index contributed by atoms with van der Waals surface area (Å²) in [6.07, 6.45) is 4.62. The number of nitrogens with one attached hydrogen (secondary N) is 1. The summed E-state index contributed by atoms with van der Waals surface area (Å²) in [5.41, 5.74) is 1.47. The predicted molar refractivity (Wildman–Crippen MR) is 81.8 cm³/mol. The molecule has 19 heavy (non-hydrogen) atoms. The van der Waals surface area contributed by atoms with Gasteiger partial charge in [-0.1, -0.05) is 26.8 Å². The maximum Gasteiger partial charge on any atom is 0.128 e. The number of hydrogen-bond acceptors (Lipinski definition) is 3. The molecule has 3 heteroatoms. The van der Waals surface area contributed by atoms with Crippen molar-refractivity contribution in [2.24, 2.45) is 0 Å². The van der Waals surface area contributed by atoms with Crippen molar-refractivity contribution in [2.75, 3.05) is 24.5 Å². The molecule has 0 amide bonds. The van der Waals surface area contributed by atoms with Gasteiger partial charge in [0.25, 0.3) is 0 Å². The molecular weight excluding hydrogens is 234 g/mol. The summed E-state index contributed by atoms with van der Waals surface area (Å²) in [5, 5.41) is 3.56. The summed E-state index contributed by atoms with van der Waals surface area (Å²) < 4.78 is 0. The highest BCUT2D eigenvalue weighted by molar-refractivity contribution is 5.40. The van der Waals surface area contributed by atoms with Gasteiger partial charge in [-0.2, -0.15) is 0 Å². The molecular formula is C16H27N3. The molecule has 1 aliphatic rings.